The van der Waals surface area contributed by atoms with Crippen LogP contribution in [0, 0.1) is 6.92 Å². The van der Waals surface area contributed by atoms with E-state index < -0.39 is 0 Å². The van der Waals surface area contributed by atoms with E-state index in [9.17, 15) is 0 Å². The van der Waals surface area contributed by atoms with Crippen molar-refractivity contribution in [1.82, 2.24) is 4.98 Å². The van der Waals surface area contributed by atoms with Gasteiger partial charge in [0.05, 0.1) is 5.69 Å². The third-order valence-electron chi connectivity index (χ3n) is 2.62. The molecule has 0 aliphatic rings. The lowest BCUT2D eigenvalue weighted by molar-refractivity contribution is 0.556. The Labute approximate surface area is 90.0 Å². The molecule has 0 aliphatic carbocycles. The monoisotopic (exact) mass is 201 g/mol. The number of aromatic nitrogens is 1. The number of hydrogen-bond acceptors (Lipinski definition) is 2. The molecule has 0 aliphatic heterocycles. The lowest BCUT2D eigenvalue weighted by Crippen LogP contribution is -1.92. The molecule has 1 heterocycles. The van der Waals surface area contributed by atoms with Crippen LogP contribution in [0.5, 0.6) is 0 Å². The fourth-order valence-electron chi connectivity index (χ4n) is 1.71. The molecule has 0 saturated heterocycles. The molecular formula is C13H15NO. The molecule has 0 radical (unpaired) electrons. The molecule has 0 amide bonds. The Bertz CT molecular complexity index is 406. The zero-order valence-corrected chi connectivity index (χ0v) is 8.94. The third kappa shape index (κ3) is 2.69. The Hall–Kier alpha value is -1.57. The summed E-state index contributed by atoms with van der Waals surface area (Å²) in [4.78, 5) is 4.10. The molecule has 0 unspecified atom stereocenters. The third-order valence-corrected chi connectivity index (χ3v) is 2.62. The van der Waals surface area contributed by atoms with Gasteiger partial charge in [-0.05, 0) is 37.3 Å². The highest BCUT2D eigenvalue weighted by molar-refractivity contribution is 5.25. The Kier molecular flexibility index (Phi) is 3.18. The van der Waals surface area contributed by atoms with Crippen LogP contribution in [0.25, 0.3) is 0 Å². The van der Waals surface area contributed by atoms with E-state index in [-0.39, 0.29) is 0 Å². The van der Waals surface area contributed by atoms with Crippen LogP contribution in [-0.4, -0.2) is 4.98 Å². The van der Waals surface area contributed by atoms with E-state index in [1.54, 1.807) is 6.26 Å². The number of nitrogens with zero attached hydrogens (tertiary/aromatic N) is 1. The predicted octanol–water partition coefficient (Wildman–Crippen LogP) is 3.16. The molecule has 0 spiro atoms. The lowest BCUT2D eigenvalue weighted by Gasteiger charge is -2.03. The van der Waals surface area contributed by atoms with Gasteiger partial charge in [0.15, 0.2) is 6.39 Å². The second kappa shape index (κ2) is 4.78. The van der Waals surface area contributed by atoms with Gasteiger partial charge in [0.2, 0.25) is 0 Å². The molecule has 2 rings (SSSR count). The standard InChI is InChI=1S/C13H15NO/c1-11-5-2-3-6-12(11)7-4-8-13-9-15-10-14-13/h2-3,5-6,9-10H,4,7-8H2,1H3. The SMILES string of the molecule is Cc1ccccc1CCCc1cocn1. The smallest absolute Gasteiger partial charge is 0.180 e. The van der Waals surface area contributed by atoms with Crippen molar-refractivity contribution in [3.63, 3.8) is 0 Å². The summed E-state index contributed by atoms with van der Waals surface area (Å²) in [5.74, 6) is 0. The summed E-state index contributed by atoms with van der Waals surface area (Å²) in [7, 11) is 0. The van der Waals surface area contributed by atoms with Crippen molar-refractivity contribution in [2.24, 2.45) is 0 Å². The first-order valence-corrected chi connectivity index (χ1v) is 5.28. The number of aryl methyl sites for hydroxylation is 3. The minimum absolute atomic E-state index is 0.991. The van der Waals surface area contributed by atoms with Crippen molar-refractivity contribution in [3.8, 4) is 0 Å². The first kappa shape index (κ1) is 9.97. The van der Waals surface area contributed by atoms with Gasteiger partial charge in [0, 0.05) is 0 Å². The van der Waals surface area contributed by atoms with Crippen LogP contribution >= 0.6 is 0 Å². The number of rotatable bonds is 4. The summed E-state index contributed by atoms with van der Waals surface area (Å²) in [6.45, 7) is 2.16. The first-order chi connectivity index (χ1) is 7.36. The summed E-state index contributed by atoms with van der Waals surface area (Å²) in [6.07, 6.45) is 6.43. The van der Waals surface area contributed by atoms with Gasteiger partial charge in [0.25, 0.3) is 0 Å². The second-order valence-electron chi connectivity index (χ2n) is 3.76. The molecule has 0 saturated carbocycles. The van der Waals surface area contributed by atoms with Gasteiger partial charge >= 0.3 is 0 Å². The Balaban J connectivity index is 1.86. The molecule has 1 aromatic carbocycles. The van der Waals surface area contributed by atoms with E-state index in [0.717, 1.165) is 25.0 Å². The van der Waals surface area contributed by atoms with Crippen LogP contribution in [0.3, 0.4) is 0 Å². The van der Waals surface area contributed by atoms with E-state index in [2.05, 4.69) is 36.2 Å². The number of oxazole rings is 1. The van der Waals surface area contributed by atoms with E-state index in [1.807, 2.05) is 0 Å². The van der Waals surface area contributed by atoms with Crippen LogP contribution < -0.4 is 0 Å². The van der Waals surface area contributed by atoms with Gasteiger partial charge < -0.3 is 4.42 Å². The highest BCUT2D eigenvalue weighted by Gasteiger charge is 1.99. The summed E-state index contributed by atoms with van der Waals surface area (Å²) in [6, 6.07) is 8.53. The van der Waals surface area contributed by atoms with Crippen molar-refractivity contribution >= 4 is 0 Å². The maximum atomic E-state index is 4.93. The normalized spacial score (nSPS) is 10.5. The van der Waals surface area contributed by atoms with Gasteiger partial charge in [-0.25, -0.2) is 4.98 Å². The van der Waals surface area contributed by atoms with E-state index in [1.165, 1.54) is 17.5 Å². The molecule has 0 bridgehead atoms. The highest BCUT2D eigenvalue weighted by atomic mass is 16.3. The van der Waals surface area contributed by atoms with Gasteiger partial charge in [-0.15, -0.1) is 0 Å². The van der Waals surface area contributed by atoms with Crippen LogP contribution in [0.15, 0.2) is 41.3 Å². The minimum atomic E-state index is 0.991. The van der Waals surface area contributed by atoms with Crippen LogP contribution in [0.2, 0.25) is 0 Å². The molecule has 15 heavy (non-hydrogen) atoms. The second-order valence-corrected chi connectivity index (χ2v) is 3.76. The van der Waals surface area contributed by atoms with E-state index in [4.69, 9.17) is 4.42 Å². The van der Waals surface area contributed by atoms with Gasteiger partial charge in [0.1, 0.15) is 6.26 Å². The van der Waals surface area contributed by atoms with Crippen molar-refractivity contribution < 1.29 is 4.42 Å². The predicted molar refractivity (Wildman–Crippen MR) is 59.7 cm³/mol. The fraction of sp³-hybridized carbons (Fsp3) is 0.308. The molecule has 1 aromatic heterocycles. The van der Waals surface area contributed by atoms with Crippen LogP contribution in [0.1, 0.15) is 23.2 Å². The lowest BCUT2D eigenvalue weighted by atomic mass is 10.0. The summed E-state index contributed by atoms with van der Waals surface area (Å²) in [5, 5.41) is 0. The van der Waals surface area contributed by atoms with Crippen LogP contribution in [0.4, 0.5) is 0 Å². The Morgan fingerprint density at radius 1 is 1.20 bits per heavy atom. The molecule has 0 fully saturated rings. The summed E-state index contributed by atoms with van der Waals surface area (Å²) >= 11 is 0. The zero-order valence-electron chi connectivity index (χ0n) is 8.94. The molecule has 0 atom stereocenters. The zero-order chi connectivity index (χ0) is 10.5. The minimum Gasteiger partial charge on any atom is -0.451 e. The molecule has 2 aromatic rings. The maximum Gasteiger partial charge on any atom is 0.180 e. The molecule has 0 N–H and O–H groups in total. The fourth-order valence-corrected chi connectivity index (χ4v) is 1.71. The average Bonchev–Trinajstić information content (AvgIpc) is 2.74. The largest absolute Gasteiger partial charge is 0.451 e. The Morgan fingerprint density at radius 3 is 2.80 bits per heavy atom. The quantitative estimate of drug-likeness (QED) is 0.759. The molecular weight excluding hydrogens is 186 g/mol. The highest BCUT2D eigenvalue weighted by Crippen LogP contribution is 2.11. The van der Waals surface area contributed by atoms with Crippen molar-refractivity contribution in [2.45, 2.75) is 26.2 Å². The van der Waals surface area contributed by atoms with E-state index in [0.29, 0.717) is 0 Å². The molecule has 78 valence electrons. The van der Waals surface area contributed by atoms with Crippen molar-refractivity contribution in [1.29, 1.82) is 0 Å². The van der Waals surface area contributed by atoms with Crippen molar-refractivity contribution in [3.05, 3.63) is 53.7 Å². The topological polar surface area (TPSA) is 26.0 Å². The maximum absolute atomic E-state index is 4.93. The van der Waals surface area contributed by atoms with Gasteiger partial charge in [-0.1, -0.05) is 24.3 Å². The number of benzene rings is 1. The van der Waals surface area contributed by atoms with Gasteiger partial charge in [-0.3, -0.25) is 0 Å². The first-order valence-electron chi connectivity index (χ1n) is 5.28. The van der Waals surface area contributed by atoms with E-state index >= 15 is 0 Å². The van der Waals surface area contributed by atoms with Crippen molar-refractivity contribution in [2.75, 3.05) is 0 Å². The summed E-state index contributed by atoms with van der Waals surface area (Å²) < 4.78 is 4.93. The summed E-state index contributed by atoms with van der Waals surface area (Å²) in [5.41, 5.74) is 3.85. The number of hydrogen-bond donors (Lipinski definition) is 0. The molecule has 2 nitrogen and oxygen atoms in total. The Morgan fingerprint density at radius 2 is 2.07 bits per heavy atom. The average molecular weight is 201 g/mol. The van der Waals surface area contributed by atoms with Crippen LogP contribution in [-0.2, 0) is 12.8 Å². The van der Waals surface area contributed by atoms with Gasteiger partial charge in [-0.2, -0.15) is 0 Å². The molecule has 2 heteroatoms.